The van der Waals surface area contributed by atoms with E-state index in [0.717, 1.165) is 24.3 Å². The molecule has 30 heavy (non-hydrogen) atoms. The zero-order chi connectivity index (χ0) is 21.0. The summed E-state index contributed by atoms with van der Waals surface area (Å²) in [6.07, 6.45) is 6.89. The topological polar surface area (TPSA) is 89.4 Å². The molecule has 0 bridgehead atoms. The van der Waals surface area contributed by atoms with E-state index in [2.05, 4.69) is 15.4 Å². The van der Waals surface area contributed by atoms with E-state index in [1.807, 2.05) is 36.1 Å². The minimum Gasteiger partial charge on any atom is -0.487 e. The standard InChI is InChI=1S/C22H29N5O3/c1-2-26-13-11-22(10-9-21(26)29)14-18(17-6-3-4-7-19(17)30-22)25-20(28)8-5-12-27-16-23-15-24-27/h3-4,6-7,15-16,18H,2,5,8-14H2,1H3,(H,25,28)/t18-,22+/m0/s1. The lowest BCUT2D eigenvalue weighted by atomic mass is 9.82. The van der Waals surface area contributed by atoms with Gasteiger partial charge in [0.2, 0.25) is 11.8 Å². The summed E-state index contributed by atoms with van der Waals surface area (Å²) in [6.45, 7) is 4.08. The number of amides is 2. The second-order valence-corrected chi connectivity index (χ2v) is 8.13. The lowest BCUT2D eigenvalue weighted by Crippen LogP contribution is -2.46. The second kappa shape index (κ2) is 8.85. The molecule has 1 N–H and O–H groups in total. The van der Waals surface area contributed by atoms with Crippen molar-refractivity contribution in [3.63, 3.8) is 0 Å². The number of aromatic nitrogens is 3. The molecule has 1 aromatic heterocycles. The number of hydrogen-bond acceptors (Lipinski definition) is 5. The molecule has 2 atom stereocenters. The van der Waals surface area contributed by atoms with Crippen molar-refractivity contribution in [3.8, 4) is 5.75 Å². The summed E-state index contributed by atoms with van der Waals surface area (Å²) >= 11 is 0. The first-order chi connectivity index (χ1) is 14.6. The summed E-state index contributed by atoms with van der Waals surface area (Å²) < 4.78 is 8.20. The quantitative estimate of drug-likeness (QED) is 0.789. The van der Waals surface area contributed by atoms with Gasteiger partial charge in [-0.1, -0.05) is 18.2 Å². The average molecular weight is 412 g/mol. The first-order valence-electron chi connectivity index (χ1n) is 10.8. The molecule has 0 radical (unpaired) electrons. The van der Waals surface area contributed by atoms with Crippen LogP contribution in [0.1, 0.15) is 57.1 Å². The zero-order valence-electron chi connectivity index (χ0n) is 17.4. The van der Waals surface area contributed by atoms with Gasteiger partial charge < -0.3 is 15.0 Å². The predicted octanol–water partition coefficient (Wildman–Crippen LogP) is 2.47. The average Bonchev–Trinajstić information content (AvgIpc) is 3.21. The van der Waals surface area contributed by atoms with Gasteiger partial charge in [0, 0.05) is 50.9 Å². The Morgan fingerprint density at radius 1 is 1.33 bits per heavy atom. The van der Waals surface area contributed by atoms with Crippen LogP contribution < -0.4 is 10.1 Å². The summed E-state index contributed by atoms with van der Waals surface area (Å²) in [5, 5.41) is 7.29. The van der Waals surface area contributed by atoms with Crippen molar-refractivity contribution < 1.29 is 14.3 Å². The fraction of sp³-hybridized carbons (Fsp3) is 0.545. The highest BCUT2D eigenvalue weighted by Gasteiger charge is 2.43. The fourth-order valence-electron chi connectivity index (χ4n) is 4.49. The third-order valence-electron chi connectivity index (χ3n) is 6.16. The molecule has 2 aliphatic rings. The Labute approximate surface area is 176 Å². The number of ether oxygens (including phenoxy) is 1. The molecule has 0 aliphatic carbocycles. The van der Waals surface area contributed by atoms with Crippen molar-refractivity contribution in [2.45, 2.75) is 63.6 Å². The van der Waals surface area contributed by atoms with E-state index in [-0.39, 0.29) is 17.9 Å². The molecule has 2 amide bonds. The normalized spacial score (nSPS) is 23.6. The molecule has 2 aliphatic heterocycles. The number of carbonyl (C=O) groups excluding carboxylic acids is 2. The number of nitrogens with zero attached hydrogens (tertiary/aromatic N) is 4. The summed E-state index contributed by atoms with van der Waals surface area (Å²) in [4.78, 5) is 30.9. The highest BCUT2D eigenvalue weighted by Crippen LogP contribution is 2.44. The number of para-hydroxylation sites is 1. The predicted molar refractivity (Wildman–Crippen MR) is 111 cm³/mol. The van der Waals surface area contributed by atoms with E-state index >= 15 is 0 Å². The first-order valence-corrected chi connectivity index (χ1v) is 10.8. The highest BCUT2D eigenvalue weighted by molar-refractivity contribution is 5.77. The Balaban J connectivity index is 1.45. The number of fused-ring (bicyclic) bond motifs is 1. The van der Waals surface area contributed by atoms with Crippen molar-refractivity contribution in [2.75, 3.05) is 13.1 Å². The molecule has 160 valence electrons. The molecule has 1 spiro atoms. The van der Waals surface area contributed by atoms with Crippen LogP contribution >= 0.6 is 0 Å². The maximum atomic E-state index is 12.7. The lowest BCUT2D eigenvalue weighted by molar-refractivity contribution is -0.130. The lowest BCUT2D eigenvalue weighted by Gasteiger charge is -2.42. The SMILES string of the molecule is CCN1CC[C@]2(CCC1=O)C[C@H](NC(=O)CCCn1cncn1)c1ccccc1O2. The summed E-state index contributed by atoms with van der Waals surface area (Å²) in [6, 6.07) is 7.79. The smallest absolute Gasteiger partial charge is 0.222 e. The molecule has 1 saturated heterocycles. The molecule has 0 unspecified atom stereocenters. The van der Waals surface area contributed by atoms with E-state index in [0.29, 0.717) is 45.2 Å². The number of likely N-dealkylation sites (tertiary alicyclic amines) is 1. The van der Waals surface area contributed by atoms with Crippen LogP contribution in [0.5, 0.6) is 5.75 Å². The van der Waals surface area contributed by atoms with Crippen molar-refractivity contribution >= 4 is 11.8 Å². The van der Waals surface area contributed by atoms with E-state index in [1.54, 1.807) is 11.0 Å². The minimum atomic E-state index is -0.424. The molecule has 1 aromatic carbocycles. The van der Waals surface area contributed by atoms with E-state index in [9.17, 15) is 9.59 Å². The van der Waals surface area contributed by atoms with Gasteiger partial charge >= 0.3 is 0 Å². The number of rotatable bonds is 6. The maximum Gasteiger partial charge on any atom is 0.222 e. The van der Waals surface area contributed by atoms with Crippen LogP contribution in [0.2, 0.25) is 0 Å². The fourth-order valence-corrected chi connectivity index (χ4v) is 4.49. The number of carbonyl (C=O) groups is 2. The van der Waals surface area contributed by atoms with Crippen LogP contribution in [0, 0.1) is 0 Å². The molecule has 3 heterocycles. The molecule has 8 nitrogen and oxygen atoms in total. The molecule has 2 aromatic rings. The van der Waals surface area contributed by atoms with Crippen LogP contribution in [0.25, 0.3) is 0 Å². The van der Waals surface area contributed by atoms with Gasteiger partial charge in [-0.05, 0) is 25.8 Å². The second-order valence-electron chi connectivity index (χ2n) is 8.13. The minimum absolute atomic E-state index is 0.0202. The Hall–Kier alpha value is -2.90. The molecular formula is C22H29N5O3. The van der Waals surface area contributed by atoms with Crippen molar-refractivity contribution in [3.05, 3.63) is 42.5 Å². The number of nitrogens with one attached hydrogen (secondary N) is 1. The largest absolute Gasteiger partial charge is 0.487 e. The molecular weight excluding hydrogens is 382 g/mol. The van der Waals surface area contributed by atoms with Crippen molar-refractivity contribution in [2.24, 2.45) is 0 Å². The number of hydrogen-bond donors (Lipinski definition) is 1. The summed E-state index contributed by atoms with van der Waals surface area (Å²) in [5.41, 5.74) is 0.586. The van der Waals surface area contributed by atoms with Gasteiger partial charge in [0.25, 0.3) is 0 Å². The molecule has 0 saturated carbocycles. The van der Waals surface area contributed by atoms with Gasteiger partial charge in [-0.15, -0.1) is 0 Å². The molecule has 4 rings (SSSR count). The van der Waals surface area contributed by atoms with Crippen LogP contribution in [0.3, 0.4) is 0 Å². The van der Waals surface area contributed by atoms with E-state index in [1.165, 1.54) is 6.33 Å². The van der Waals surface area contributed by atoms with Crippen LogP contribution in [0.15, 0.2) is 36.9 Å². The highest BCUT2D eigenvalue weighted by atomic mass is 16.5. The first kappa shape index (κ1) is 20.4. The Morgan fingerprint density at radius 3 is 3.00 bits per heavy atom. The summed E-state index contributed by atoms with van der Waals surface area (Å²) in [5.74, 6) is 1.02. The van der Waals surface area contributed by atoms with Crippen molar-refractivity contribution in [1.29, 1.82) is 0 Å². The van der Waals surface area contributed by atoms with Gasteiger partial charge in [0.1, 0.15) is 24.0 Å². The summed E-state index contributed by atoms with van der Waals surface area (Å²) in [7, 11) is 0. The Morgan fingerprint density at radius 2 is 2.20 bits per heavy atom. The van der Waals surface area contributed by atoms with Gasteiger partial charge in [-0.25, -0.2) is 4.98 Å². The van der Waals surface area contributed by atoms with Gasteiger partial charge in [0.05, 0.1) is 6.04 Å². The number of aryl methyl sites for hydroxylation is 1. The van der Waals surface area contributed by atoms with E-state index in [4.69, 9.17) is 4.74 Å². The van der Waals surface area contributed by atoms with Crippen molar-refractivity contribution in [1.82, 2.24) is 25.0 Å². The third kappa shape index (κ3) is 4.47. The van der Waals surface area contributed by atoms with Crippen LogP contribution in [0.4, 0.5) is 0 Å². The van der Waals surface area contributed by atoms with Gasteiger partial charge in [-0.3, -0.25) is 14.3 Å². The Kier molecular flexibility index (Phi) is 6.01. The Bertz CT molecular complexity index is 885. The number of benzene rings is 1. The van der Waals surface area contributed by atoms with Gasteiger partial charge in [0.15, 0.2) is 0 Å². The van der Waals surface area contributed by atoms with Gasteiger partial charge in [-0.2, -0.15) is 5.10 Å². The maximum absolute atomic E-state index is 12.7. The van der Waals surface area contributed by atoms with E-state index < -0.39 is 5.60 Å². The molecule has 8 heteroatoms. The third-order valence-corrected chi connectivity index (χ3v) is 6.16. The van der Waals surface area contributed by atoms with Crippen LogP contribution in [-0.2, 0) is 16.1 Å². The van der Waals surface area contributed by atoms with Crippen LogP contribution in [-0.4, -0.2) is 50.2 Å². The monoisotopic (exact) mass is 411 g/mol. The molecule has 1 fully saturated rings. The zero-order valence-corrected chi connectivity index (χ0v) is 17.4.